The second-order valence-electron chi connectivity index (χ2n) is 5.02. The molecule has 0 aliphatic heterocycles. The predicted octanol–water partition coefficient (Wildman–Crippen LogP) is 4.08. The van der Waals surface area contributed by atoms with Crippen molar-refractivity contribution in [1.82, 2.24) is 0 Å². The van der Waals surface area contributed by atoms with Gasteiger partial charge in [0, 0.05) is 17.8 Å². The van der Waals surface area contributed by atoms with Gasteiger partial charge in [0.2, 0.25) is 0 Å². The van der Waals surface area contributed by atoms with Crippen LogP contribution in [-0.2, 0) is 0 Å². The van der Waals surface area contributed by atoms with Crippen molar-refractivity contribution in [3.8, 4) is 11.5 Å². The van der Waals surface area contributed by atoms with E-state index in [0.717, 1.165) is 23.1 Å². The second kappa shape index (κ2) is 6.69. The zero-order chi connectivity index (χ0) is 13.7. The molecule has 0 radical (unpaired) electrons. The van der Waals surface area contributed by atoms with Gasteiger partial charge in [-0.2, -0.15) is 0 Å². The summed E-state index contributed by atoms with van der Waals surface area (Å²) < 4.78 is 11.2. The lowest BCUT2D eigenvalue weighted by atomic mass is 10.1. The molecular weight excluding hydrogens is 238 g/mol. The maximum Gasteiger partial charge on any atom is 0.163 e. The van der Waals surface area contributed by atoms with Crippen LogP contribution in [0.1, 0.15) is 40.0 Å². The zero-order valence-electron chi connectivity index (χ0n) is 12.2. The third kappa shape index (κ3) is 3.79. The van der Waals surface area contributed by atoms with Crippen LogP contribution in [0.15, 0.2) is 18.2 Å². The van der Waals surface area contributed by atoms with Crippen LogP contribution in [0.4, 0.5) is 5.69 Å². The van der Waals surface area contributed by atoms with E-state index in [9.17, 15) is 0 Å². The Morgan fingerprint density at radius 3 is 2.37 bits per heavy atom. The Bertz CT molecular complexity index is 402. The minimum absolute atomic E-state index is 0.590. The molecule has 1 fully saturated rings. The molecule has 1 N–H and O–H groups in total. The van der Waals surface area contributed by atoms with Gasteiger partial charge < -0.3 is 14.8 Å². The summed E-state index contributed by atoms with van der Waals surface area (Å²) in [6.07, 6.45) is 3.89. The summed E-state index contributed by atoms with van der Waals surface area (Å²) in [6, 6.07) is 6.72. The van der Waals surface area contributed by atoms with Gasteiger partial charge in [0.25, 0.3) is 0 Å². The molecule has 2 rings (SSSR count). The van der Waals surface area contributed by atoms with E-state index in [1.54, 1.807) is 0 Å². The van der Waals surface area contributed by atoms with Crippen molar-refractivity contribution >= 4 is 5.69 Å². The topological polar surface area (TPSA) is 30.5 Å². The largest absolute Gasteiger partial charge is 0.490 e. The first-order valence-corrected chi connectivity index (χ1v) is 7.44. The summed E-state index contributed by atoms with van der Waals surface area (Å²) >= 11 is 0. The number of hydrogen-bond donors (Lipinski definition) is 1. The van der Waals surface area contributed by atoms with E-state index >= 15 is 0 Å². The van der Waals surface area contributed by atoms with Crippen molar-refractivity contribution in [3.05, 3.63) is 18.2 Å². The molecule has 3 nitrogen and oxygen atoms in total. The maximum atomic E-state index is 5.66. The summed E-state index contributed by atoms with van der Waals surface area (Å²) in [5, 5.41) is 3.62. The molecule has 1 aliphatic rings. The normalized spacial score (nSPS) is 15.9. The van der Waals surface area contributed by atoms with E-state index in [1.165, 1.54) is 19.3 Å². The molecule has 0 saturated heterocycles. The molecule has 1 aliphatic carbocycles. The fourth-order valence-corrected chi connectivity index (χ4v) is 2.41. The van der Waals surface area contributed by atoms with Gasteiger partial charge in [0.1, 0.15) is 0 Å². The fourth-order valence-electron chi connectivity index (χ4n) is 2.41. The van der Waals surface area contributed by atoms with Gasteiger partial charge in [-0.05, 0) is 51.2 Å². The average Bonchev–Trinajstić information content (AvgIpc) is 3.24. The SMILES string of the molecule is CCOc1ccc(NC(CC)C2CC2)cc1OCC. The number of ether oxygens (including phenoxy) is 2. The summed E-state index contributed by atoms with van der Waals surface area (Å²) in [6.45, 7) is 7.54. The van der Waals surface area contributed by atoms with Crippen molar-refractivity contribution < 1.29 is 9.47 Å². The molecule has 106 valence electrons. The van der Waals surface area contributed by atoms with Crippen LogP contribution in [0.3, 0.4) is 0 Å². The van der Waals surface area contributed by atoms with Gasteiger partial charge in [-0.3, -0.25) is 0 Å². The highest BCUT2D eigenvalue weighted by Gasteiger charge is 2.29. The van der Waals surface area contributed by atoms with Crippen molar-refractivity contribution in [2.45, 2.75) is 46.1 Å². The van der Waals surface area contributed by atoms with Crippen LogP contribution in [0.5, 0.6) is 11.5 Å². The zero-order valence-corrected chi connectivity index (χ0v) is 12.2. The van der Waals surface area contributed by atoms with E-state index in [2.05, 4.69) is 24.4 Å². The van der Waals surface area contributed by atoms with Crippen LogP contribution in [0, 0.1) is 5.92 Å². The third-order valence-corrected chi connectivity index (χ3v) is 3.53. The summed E-state index contributed by atoms with van der Waals surface area (Å²) in [5.41, 5.74) is 1.13. The van der Waals surface area contributed by atoms with Crippen LogP contribution in [0.2, 0.25) is 0 Å². The lowest BCUT2D eigenvalue weighted by molar-refractivity contribution is 0.288. The molecule has 19 heavy (non-hydrogen) atoms. The van der Waals surface area contributed by atoms with Crippen LogP contribution in [0.25, 0.3) is 0 Å². The average molecular weight is 263 g/mol. The first-order valence-electron chi connectivity index (χ1n) is 7.44. The number of anilines is 1. The molecular formula is C16H25NO2. The van der Waals surface area contributed by atoms with E-state index in [1.807, 2.05) is 19.9 Å². The third-order valence-electron chi connectivity index (χ3n) is 3.53. The van der Waals surface area contributed by atoms with Gasteiger partial charge in [-0.1, -0.05) is 6.92 Å². The standard InChI is InChI=1S/C16H25NO2/c1-4-14(12-7-8-12)17-13-9-10-15(18-5-2)16(11-13)19-6-3/h9-12,14,17H,4-8H2,1-3H3. The highest BCUT2D eigenvalue weighted by atomic mass is 16.5. The Labute approximate surface area is 116 Å². The summed E-state index contributed by atoms with van der Waals surface area (Å²) in [4.78, 5) is 0. The van der Waals surface area contributed by atoms with Gasteiger partial charge >= 0.3 is 0 Å². The van der Waals surface area contributed by atoms with Gasteiger partial charge in [-0.15, -0.1) is 0 Å². The fraction of sp³-hybridized carbons (Fsp3) is 0.625. The number of nitrogens with one attached hydrogen (secondary N) is 1. The van der Waals surface area contributed by atoms with Crippen LogP contribution >= 0.6 is 0 Å². The van der Waals surface area contributed by atoms with Crippen molar-refractivity contribution in [1.29, 1.82) is 0 Å². The Morgan fingerprint density at radius 2 is 1.79 bits per heavy atom. The summed E-state index contributed by atoms with van der Waals surface area (Å²) in [7, 11) is 0. The van der Waals surface area contributed by atoms with Crippen molar-refractivity contribution in [2.75, 3.05) is 18.5 Å². The minimum atomic E-state index is 0.590. The quantitative estimate of drug-likeness (QED) is 0.766. The molecule has 1 aromatic rings. The molecule has 0 heterocycles. The highest BCUT2D eigenvalue weighted by molar-refractivity contribution is 5.55. The lowest BCUT2D eigenvalue weighted by Gasteiger charge is -2.19. The molecule has 3 heteroatoms. The Morgan fingerprint density at radius 1 is 1.11 bits per heavy atom. The van der Waals surface area contributed by atoms with E-state index in [4.69, 9.17) is 9.47 Å². The first-order chi connectivity index (χ1) is 9.28. The predicted molar refractivity (Wildman–Crippen MR) is 79.2 cm³/mol. The number of benzene rings is 1. The van der Waals surface area contributed by atoms with E-state index < -0.39 is 0 Å². The molecule has 0 spiro atoms. The monoisotopic (exact) mass is 263 g/mol. The Kier molecular flexibility index (Phi) is 4.94. The van der Waals surface area contributed by atoms with E-state index in [-0.39, 0.29) is 0 Å². The smallest absolute Gasteiger partial charge is 0.163 e. The first kappa shape index (κ1) is 14.0. The number of rotatable bonds is 8. The van der Waals surface area contributed by atoms with Gasteiger partial charge in [0.15, 0.2) is 11.5 Å². The molecule has 0 aromatic heterocycles. The molecule has 1 saturated carbocycles. The molecule has 1 atom stereocenters. The minimum Gasteiger partial charge on any atom is -0.490 e. The Balaban J connectivity index is 2.09. The maximum absolute atomic E-state index is 5.66. The number of hydrogen-bond acceptors (Lipinski definition) is 3. The summed E-state index contributed by atoms with van der Waals surface area (Å²) in [5.74, 6) is 2.52. The van der Waals surface area contributed by atoms with E-state index in [0.29, 0.717) is 19.3 Å². The van der Waals surface area contributed by atoms with Crippen molar-refractivity contribution in [3.63, 3.8) is 0 Å². The molecule has 0 bridgehead atoms. The van der Waals surface area contributed by atoms with Crippen molar-refractivity contribution in [2.24, 2.45) is 5.92 Å². The second-order valence-corrected chi connectivity index (χ2v) is 5.02. The molecule has 1 aromatic carbocycles. The molecule has 0 amide bonds. The highest BCUT2D eigenvalue weighted by Crippen LogP contribution is 2.37. The van der Waals surface area contributed by atoms with Gasteiger partial charge in [-0.25, -0.2) is 0 Å². The lowest BCUT2D eigenvalue weighted by Crippen LogP contribution is -2.20. The molecule has 1 unspecified atom stereocenters. The Hall–Kier alpha value is -1.38. The van der Waals surface area contributed by atoms with Gasteiger partial charge in [0.05, 0.1) is 13.2 Å². The van der Waals surface area contributed by atoms with Crippen LogP contribution < -0.4 is 14.8 Å². The van der Waals surface area contributed by atoms with Crippen LogP contribution in [-0.4, -0.2) is 19.3 Å².